The maximum absolute atomic E-state index is 12.2. The van der Waals surface area contributed by atoms with Crippen molar-refractivity contribution in [3.8, 4) is 0 Å². The van der Waals surface area contributed by atoms with E-state index >= 15 is 0 Å². The quantitative estimate of drug-likeness (QED) is 0.841. The van der Waals surface area contributed by atoms with Gasteiger partial charge in [0.2, 0.25) is 0 Å². The van der Waals surface area contributed by atoms with Crippen molar-refractivity contribution in [3.63, 3.8) is 0 Å². The summed E-state index contributed by atoms with van der Waals surface area (Å²) >= 11 is 0. The number of rotatable bonds is 6. The highest BCUT2D eigenvalue weighted by atomic mass is 19.4. The molecular formula is C13H19F3N4. The third-order valence-electron chi connectivity index (χ3n) is 3.15. The number of aromatic nitrogens is 2. The molecule has 1 aromatic heterocycles. The Bertz CT molecular complexity index is 469. The van der Waals surface area contributed by atoms with Crippen molar-refractivity contribution < 1.29 is 13.2 Å². The van der Waals surface area contributed by atoms with Crippen LogP contribution in [-0.2, 0) is 0 Å². The van der Waals surface area contributed by atoms with Crippen LogP contribution in [0.5, 0.6) is 0 Å². The monoisotopic (exact) mass is 288 g/mol. The highest BCUT2D eigenvalue weighted by Crippen LogP contribution is 2.39. The molecule has 0 radical (unpaired) electrons. The second kappa shape index (κ2) is 5.85. The van der Waals surface area contributed by atoms with E-state index in [1.165, 1.54) is 0 Å². The molecular weight excluding hydrogens is 269 g/mol. The molecule has 7 heteroatoms. The van der Waals surface area contributed by atoms with Crippen LogP contribution in [0.15, 0.2) is 0 Å². The summed E-state index contributed by atoms with van der Waals surface area (Å²) in [5.41, 5.74) is 0.762. The lowest BCUT2D eigenvalue weighted by atomic mass is 10.2. The molecule has 2 N–H and O–H groups in total. The number of anilines is 2. The van der Waals surface area contributed by atoms with Gasteiger partial charge in [-0.3, -0.25) is 0 Å². The van der Waals surface area contributed by atoms with Crippen molar-refractivity contribution in [3.05, 3.63) is 11.4 Å². The lowest BCUT2D eigenvalue weighted by Crippen LogP contribution is -2.17. The zero-order chi connectivity index (χ0) is 14.8. The van der Waals surface area contributed by atoms with E-state index in [1.807, 2.05) is 13.8 Å². The van der Waals surface area contributed by atoms with E-state index in [4.69, 9.17) is 0 Å². The van der Waals surface area contributed by atoms with E-state index in [-0.39, 0.29) is 6.54 Å². The third-order valence-corrected chi connectivity index (χ3v) is 3.15. The molecule has 0 spiro atoms. The van der Waals surface area contributed by atoms with Crippen LogP contribution in [0, 0.1) is 6.92 Å². The molecule has 0 bridgehead atoms. The molecule has 0 aromatic carbocycles. The first-order chi connectivity index (χ1) is 9.40. The smallest absolute Gasteiger partial charge is 0.370 e. The Labute approximate surface area is 116 Å². The zero-order valence-corrected chi connectivity index (χ0v) is 11.6. The summed E-state index contributed by atoms with van der Waals surface area (Å²) in [5, 5.41) is 5.91. The van der Waals surface area contributed by atoms with E-state index in [0.29, 0.717) is 24.1 Å². The highest BCUT2D eigenvalue weighted by molar-refractivity contribution is 5.57. The van der Waals surface area contributed by atoms with Gasteiger partial charge in [-0.1, -0.05) is 0 Å². The summed E-state index contributed by atoms with van der Waals surface area (Å²) in [5.74, 6) is 2.29. The molecule has 0 aliphatic heterocycles. The van der Waals surface area contributed by atoms with Gasteiger partial charge in [-0.05, 0) is 26.7 Å². The summed E-state index contributed by atoms with van der Waals surface area (Å²) in [6.45, 7) is 4.31. The van der Waals surface area contributed by atoms with Crippen LogP contribution in [-0.4, -0.2) is 29.2 Å². The van der Waals surface area contributed by atoms with Crippen molar-refractivity contribution in [1.29, 1.82) is 0 Å². The molecule has 2 rings (SSSR count). The van der Waals surface area contributed by atoms with E-state index in [0.717, 1.165) is 24.2 Å². The summed E-state index contributed by atoms with van der Waals surface area (Å²) in [6, 6.07) is 0. The normalized spacial score (nSPS) is 15.2. The Morgan fingerprint density at radius 3 is 2.25 bits per heavy atom. The zero-order valence-electron chi connectivity index (χ0n) is 11.6. The largest absolute Gasteiger partial charge is 0.390 e. The fraction of sp³-hybridized carbons (Fsp3) is 0.692. The summed E-state index contributed by atoms with van der Waals surface area (Å²) < 4.78 is 36.6. The minimum atomic E-state index is -4.16. The van der Waals surface area contributed by atoms with Crippen LogP contribution in [0.3, 0.4) is 0 Å². The van der Waals surface area contributed by atoms with Crippen molar-refractivity contribution in [2.45, 2.75) is 45.2 Å². The van der Waals surface area contributed by atoms with Crippen LogP contribution in [0.1, 0.15) is 43.5 Å². The molecule has 0 atom stereocenters. The summed E-state index contributed by atoms with van der Waals surface area (Å²) in [7, 11) is 0. The molecule has 1 fully saturated rings. The second-order valence-corrected chi connectivity index (χ2v) is 5.00. The minimum absolute atomic E-state index is 0.170. The summed E-state index contributed by atoms with van der Waals surface area (Å²) in [6.07, 6.45) is -2.92. The van der Waals surface area contributed by atoms with E-state index in [1.54, 1.807) is 0 Å². The SMILES string of the molecule is CCNc1nc(C2CC2)nc(NCCC(F)(F)F)c1C. The van der Waals surface area contributed by atoms with Gasteiger partial charge < -0.3 is 10.6 Å². The Balaban J connectivity index is 2.13. The molecule has 1 heterocycles. The van der Waals surface area contributed by atoms with Gasteiger partial charge in [0.1, 0.15) is 17.5 Å². The minimum Gasteiger partial charge on any atom is -0.370 e. The van der Waals surface area contributed by atoms with E-state index < -0.39 is 12.6 Å². The lowest BCUT2D eigenvalue weighted by Gasteiger charge is -2.15. The number of hydrogen-bond acceptors (Lipinski definition) is 4. The fourth-order valence-electron chi connectivity index (χ4n) is 1.89. The lowest BCUT2D eigenvalue weighted by molar-refractivity contribution is -0.131. The molecule has 0 saturated heterocycles. The van der Waals surface area contributed by atoms with Gasteiger partial charge in [0.05, 0.1) is 6.42 Å². The van der Waals surface area contributed by atoms with E-state index in [9.17, 15) is 13.2 Å². The number of halogens is 3. The van der Waals surface area contributed by atoms with Gasteiger partial charge >= 0.3 is 6.18 Å². The maximum Gasteiger partial charge on any atom is 0.390 e. The van der Waals surface area contributed by atoms with Crippen LogP contribution in [0.2, 0.25) is 0 Å². The predicted octanol–water partition coefficient (Wildman–Crippen LogP) is 3.46. The number of hydrogen-bond donors (Lipinski definition) is 2. The Morgan fingerprint density at radius 1 is 1.15 bits per heavy atom. The summed E-state index contributed by atoms with van der Waals surface area (Å²) in [4.78, 5) is 8.82. The molecule has 0 amide bonds. The first kappa shape index (κ1) is 14.9. The standard InChI is InChI=1S/C13H19F3N4/c1-3-17-10-8(2)11(18-7-6-13(14,15)16)20-12(19-10)9-4-5-9/h9H,3-7H2,1-2H3,(H2,17,18,19,20). The van der Waals surface area contributed by atoms with Crippen molar-refractivity contribution in [1.82, 2.24) is 9.97 Å². The average Bonchev–Trinajstić information content (AvgIpc) is 3.16. The van der Waals surface area contributed by atoms with Gasteiger partial charge in [0, 0.05) is 24.6 Å². The van der Waals surface area contributed by atoms with Crippen LogP contribution in [0.25, 0.3) is 0 Å². The Hall–Kier alpha value is -1.53. The second-order valence-electron chi connectivity index (χ2n) is 5.00. The molecule has 0 unspecified atom stereocenters. The average molecular weight is 288 g/mol. The fourth-order valence-corrected chi connectivity index (χ4v) is 1.89. The molecule has 1 aliphatic carbocycles. The van der Waals surface area contributed by atoms with Gasteiger partial charge in [-0.2, -0.15) is 13.2 Å². The number of nitrogens with zero attached hydrogens (tertiary/aromatic N) is 2. The molecule has 1 saturated carbocycles. The van der Waals surface area contributed by atoms with Gasteiger partial charge in [0.25, 0.3) is 0 Å². The van der Waals surface area contributed by atoms with Crippen LogP contribution >= 0.6 is 0 Å². The van der Waals surface area contributed by atoms with Crippen LogP contribution in [0.4, 0.5) is 24.8 Å². The predicted molar refractivity (Wildman–Crippen MR) is 72.1 cm³/mol. The molecule has 4 nitrogen and oxygen atoms in total. The first-order valence-electron chi connectivity index (χ1n) is 6.83. The molecule has 1 aliphatic rings. The van der Waals surface area contributed by atoms with Gasteiger partial charge in [-0.25, -0.2) is 9.97 Å². The maximum atomic E-state index is 12.2. The van der Waals surface area contributed by atoms with Crippen molar-refractivity contribution in [2.24, 2.45) is 0 Å². The van der Waals surface area contributed by atoms with E-state index in [2.05, 4.69) is 20.6 Å². The molecule has 112 valence electrons. The first-order valence-corrected chi connectivity index (χ1v) is 6.83. The topological polar surface area (TPSA) is 49.8 Å². The van der Waals surface area contributed by atoms with Crippen molar-refractivity contribution >= 4 is 11.6 Å². The van der Waals surface area contributed by atoms with Gasteiger partial charge in [-0.15, -0.1) is 0 Å². The van der Waals surface area contributed by atoms with Crippen LogP contribution < -0.4 is 10.6 Å². The molecule has 20 heavy (non-hydrogen) atoms. The Morgan fingerprint density at radius 2 is 1.75 bits per heavy atom. The van der Waals surface area contributed by atoms with Crippen molar-refractivity contribution in [2.75, 3.05) is 23.7 Å². The highest BCUT2D eigenvalue weighted by Gasteiger charge is 2.29. The molecule has 1 aromatic rings. The Kier molecular flexibility index (Phi) is 4.35. The van der Waals surface area contributed by atoms with Gasteiger partial charge in [0.15, 0.2) is 0 Å². The number of nitrogens with one attached hydrogen (secondary N) is 2. The third kappa shape index (κ3) is 3.98. The number of alkyl halides is 3.